The molecule has 5 heteroatoms. The lowest BCUT2D eigenvalue weighted by Crippen LogP contribution is -2.38. The van der Waals surface area contributed by atoms with Gasteiger partial charge in [0.15, 0.2) is 0 Å². The molecule has 0 unspecified atom stereocenters. The highest BCUT2D eigenvalue weighted by molar-refractivity contribution is 5.38. The second-order valence-electron chi connectivity index (χ2n) is 11.4. The van der Waals surface area contributed by atoms with Crippen molar-refractivity contribution in [3.05, 3.63) is 35.5 Å². The Morgan fingerprint density at radius 2 is 1.97 bits per heavy atom. The van der Waals surface area contributed by atoms with E-state index in [0.717, 1.165) is 36.8 Å². The number of rotatable bonds is 7. The minimum absolute atomic E-state index is 0.195. The van der Waals surface area contributed by atoms with Gasteiger partial charge in [0.2, 0.25) is 0 Å². The van der Waals surface area contributed by atoms with Gasteiger partial charge >= 0.3 is 0 Å². The quantitative estimate of drug-likeness (QED) is 0.409. The molecule has 5 nitrogen and oxygen atoms in total. The average molecular weight is 449 g/mol. The fraction of sp³-hybridized carbons (Fsp3) is 0.778. The molecule has 0 aromatic carbocycles. The second kappa shape index (κ2) is 10.1. The minimum atomic E-state index is -1.24. The molecule has 3 saturated carbocycles. The van der Waals surface area contributed by atoms with Crippen molar-refractivity contribution in [1.82, 2.24) is 0 Å². The Bertz CT molecular complexity index is 738. The molecule has 0 radical (unpaired) electrons. The maximum absolute atomic E-state index is 10.5. The number of fused-ring (bicyclic) bond motifs is 1. The van der Waals surface area contributed by atoms with Crippen molar-refractivity contribution in [2.75, 3.05) is 6.61 Å². The molecule has 3 fully saturated rings. The molecule has 8 atom stereocenters. The first-order chi connectivity index (χ1) is 15.0. The molecule has 0 amide bonds. The van der Waals surface area contributed by atoms with E-state index in [4.69, 9.17) is 0 Å². The Balaban J connectivity index is 1.71. The fourth-order valence-corrected chi connectivity index (χ4v) is 6.93. The molecule has 182 valence electrons. The highest BCUT2D eigenvalue weighted by Crippen LogP contribution is 2.60. The van der Waals surface area contributed by atoms with Crippen LogP contribution in [0, 0.1) is 23.2 Å². The lowest BCUT2D eigenvalue weighted by atomic mass is 9.60. The van der Waals surface area contributed by atoms with E-state index in [-0.39, 0.29) is 18.4 Å². The second-order valence-corrected chi connectivity index (χ2v) is 11.4. The average Bonchev–Trinajstić information content (AvgIpc) is 3.06. The Morgan fingerprint density at radius 3 is 2.66 bits per heavy atom. The lowest BCUT2D eigenvalue weighted by Gasteiger charge is -2.45. The molecular formula is C27H44O5. The Labute approximate surface area is 193 Å². The summed E-state index contributed by atoms with van der Waals surface area (Å²) in [6.07, 6.45) is 10.0. The van der Waals surface area contributed by atoms with Gasteiger partial charge in [-0.15, -0.1) is 0 Å². The predicted octanol–water partition coefficient (Wildman–Crippen LogP) is 3.65. The van der Waals surface area contributed by atoms with Gasteiger partial charge in [-0.3, -0.25) is 0 Å². The summed E-state index contributed by atoms with van der Waals surface area (Å²) in [5.41, 5.74) is 2.12. The SMILES string of the molecule is C=C1/C(=C\C=C2/CCC[C@]3(C)[C@@H]([C@H](C)C[C@@H](O)C[C@](C)(O)CO)CC[C@@H]23)C[C@@H](O)C[C@@H]1O. The molecule has 0 spiro atoms. The third-order valence-electron chi connectivity index (χ3n) is 8.65. The van der Waals surface area contributed by atoms with Crippen LogP contribution in [-0.2, 0) is 0 Å². The van der Waals surface area contributed by atoms with Gasteiger partial charge < -0.3 is 25.5 Å². The molecule has 32 heavy (non-hydrogen) atoms. The molecule has 3 rings (SSSR count). The molecule has 5 N–H and O–H groups in total. The van der Waals surface area contributed by atoms with Gasteiger partial charge in [-0.2, -0.15) is 0 Å². The van der Waals surface area contributed by atoms with Crippen molar-refractivity contribution in [1.29, 1.82) is 0 Å². The predicted molar refractivity (Wildman–Crippen MR) is 127 cm³/mol. The van der Waals surface area contributed by atoms with Gasteiger partial charge in [0.05, 0.1) is 30.5 Å². The van der Waals surface area contributed by atoms with Crippen LogP contribution in [0.5, 0.6) is 0 Å². The Hall–Kier alpha value is -0.980. The van der Waals surface area contributed by atoms with E-state index in [2.05, 4.69) is 32.6 Å². The van der Waals surface area contributed by atoms with Gasteiger partial charge in [-0.25, -0.2) is 0 Å². The van der Waals surface area contributed by atoms with Gasteiger partial charge in [0.25, 0.3) is 0 Å². The van der Waals surface area contributed by atoms with E-state index in [1.807, 2.05) is 0 Å². The van der Waals surface area contributed by atoms with Crippen LogP contribution in [0.4, 0.5) is 0 Å². The first kappa shape index (κ1) is 25.6. The molecular weight excluding hydrogens is 404 g/mol. The highest BCUT2D eigenvalue weighted by atomic mass is 16.3. The molecule has 3 aliphatic rings. The fourth-order valence-electron chi connectivity index (χ4n) is 6.93. The van der Waals surface area contributed by atoms with Crippen molar-refractivity contribution in [3.8, 4) is 0 Å². The summed E-state index contributed by atoms with van der Waals surface area (Å²) in [6.45, 7) is 9.90. The van der Waals surface area contributed by atoms with Gasteiger partial charge in [-0.05, 0) is 86.2 Å². The summed E-state index contributed by atoms with van der Waals surface area (Å²) >= 11 is 0. The highest BCUT2D eigenvalue weighted by Gasteiger charge is 2.50. The molecule has 0 aromatic heterocycles. The van der Waals surface area contributed by atoms with Crippen LogP contribution >= 0.6 is 0 Å². The van der Waals surface area contributed by atoms with Crippen molar-refractivity contribution < 1.29 is 25.5 Å². The smallest absolute Gasteiger partial charge is 0.0874 e. The number of allylic oxidation sites excluding steroid dienone is 3. The first-order valence-corrected chi connectivity index (χ1v) is 12.4. The summed E-state index contributed by atoms with van der Waals surface area (Å²) in [5.74, 6) is 1.38. The van der Waals surface area contributed by atoms with Crippen molar-refractivity contribution in [2.45, 2.75) is 102 Å². The van der Waals surface area contributed by atoms with Crippen LogP contribution in [-0.4, -0.2) is 56.1 Å². The van der Waals surface area contributed by atoms with Crippen LogP contribution in [0.15, 0.2) is 35.5 Å². The van der Waals surface area contributed by atoms with E-state index >= 15 is 0 Å². The third-order valence-corrected chi connectivity index (χ3v) is 8.65. The first-order valence-electron chi connectivity index (χ1n) is 12.4. The standard InChI is InChI=1S/C27H44O5/c1-17(12-22(30)15-26(3,32)16-28)23-9-10-24-19(6-5-11-27(23,24)4)7-8-20-13-21(29)14-25(31)18(20)2/h7-8,17,21-25,28-32H,2,5-6,9-16H2,1,3-4H3/b19-7+,20-8-/t17-,21-,22-,23-,24+,25+,26+,27-/m1/s1. The van der Waals surface area contributed by atoms with E-state index in [0.29, 0.717) is 37.0 Å². The monoisotopic (exact) mass is 448 g/mol. The summed E-state index contributed by atoms with van der Waals surface area (Å²) in [6, 6.07) is 0. The lowest BCUT2D eigenvalue weighted by molar-refractivity contribution is -0.0439. The molecule has 0 aliphatic heterocycles. The molecule has 0 saturated heterocycles. The third kappa shape index (κ3) is 5.56. The molecule has 0 heterocycles. The van der Waals surface area contributed by atoms with Crippen molar-refractivity contribution in [2.24, 2.45) is 23.2 Å². The van der Waals surface area contributed by atoms with Crippen LogP contribution in [0.25, 0.3) is 0 Å². The van der Waals surface area contributed by atoms with E-state index in [1.165, 1.54) is 12.0 Å². The zero-order valence-corrected chi connectivity index (χ0v) is 20.1. The zero-order valence-electron chi connectivity index (χ0n) is 20.1. The zero-order chi connectivity index (χ0) is 23.7. The Kier molecular flexibility index (Phi) is 8.10. The maximum Gasteiger partial charge on any atom is 0.0874 e. The summed E-state index contributed by atoms with van der Waals surface area (Å²) in [4.78, 5) is 0. The van der Waals surface area contributed by atoms with E-state index in [1.54, 1.807) is 6.92 Å². The normalized spacial score (nSPS) is 39.7. The Morgan fingerprint density at radius 1 is 1.25 bits per heavy atom. The van der Waals surface area contributed by atoms with Gasteiger partial charge in [-0.1, -0.05) is 38.2 Å². The van der Waals surface area contributed by atoms with Crippen LogP contribution in [0.1, 0.15) is 78.6 Å². The van der Waals surface area contributed by atoms with Crippen LogP contribution in [0.3, 0.4) is 0 Å². The van der Waals surface area contributed by atoms with Gasteiger partial charge in [0, 0.05) is 12.8 Å². The molecule has 0 bridgehead atoms. The van der Waals surface area contributed by atoms with Gasteiger partial charge in [0.1, 0.15) is 0 Å². The van der Waals surface area contributed by atoms with E-state index in [9.17, 15) is 25.5 Å². The molecule has 0 aromatic rings. The van der Waals surface area contributed by atoms with Crippen molar-refractivity contribution >= 4 is 0 Å². The number of aliphatic hydroxyl groups excluding tert-OH is 4. The van der Waals surface area contributed by atoms with Crippen molar-refractivity contribution in [3.63, 3.8) is 0 Å². The number of hydrogen-bond donors (Lipinski definition) is 5. The minimum Gasteiger partial charge on any atom is -0.393 e. The van der Waals surface area contributed by atoms with Crippen LogP contribution < -0.4 is 0 Å². The summed E-state index contributed by atoms with van der Waals surface area (Å²) < 4.78 is 0. The topological polar surface area (TPSA) is 101 Å². The largest absolute Gasteiger partial charge is 0.393 e. The number of aliphatic hydroxyl groups is 5. The maximum atomic E-state index is 10.5. The summed E-state index contributed by atoms with van der Waals surface area (Å²) in [5, 5.41) is 50.1. The van der Waals surface area contributed by atoms with E-state index < -0.39 is 23.9 Å². The summed E-state index contributed by atoms with van der Waals surface area (Å²) in [7, 11) is 0. The molecule has 3 aliphatic carbocycles. The number of hydrogen-bond acceptors (Lipinski definition) is 5. The van der Waals surface area contributed by atoms with Crippen LogP contribution in [0.2, 0.25) is 0 Å².